The normalized spacial score (nSPS) is 19.7. The van der Waals surface area contributed by atoms with Gasteiger partial charge in [0.05, 0.1) is 0 Å². The van der Waals surface area contributed by atoms with Crippen molar-refractivity contribution >= 4 is 22.6 Å². The molecule has 1 aromatic heterocycles. The minimum absolute atomic E-state index is 0.000820. The zero-order valence-corrected chi connectivity index (χ0v) is 23.2. The first kappa shape index (κ1) is 24.6. The highest BCUT2D eigenvalue weighted by Crippen LogP contribution is 2.52. The van der Waals surface area contributed by atoms with Gasteiger partial charge in [-0.15, -0.1) is 0 Å². The van der Waals surface area contributed by atoms with E-state index in [1.165, 1.54) is 27.9 Å². The highest BCUT2D eigenvalue weighted by Gasteiger charge is 2.55. The van der Waals surface area contributed by atoms with Crippen molar-refractivity contribution in [2.24, 2.45) is 0 Å². The predicted octanol–water partition coefficient (Wildman–Crippen LogP) is 5.82. The molecule has 0 saturated carbocycles. The Morgan fingerprint density at radius 1 is 0.875 bits per heavy atom. The molecule has 7 rings (SSSR count). The van der Waals surface area contributed by atoms with Crippen molar-refractivity contribution in [3.63, 3.8) is 0 Å². The second kappa shape index (κ2) is 9.67. The zero-order valence-electron chi connectivity index (χ0n) is 23.2. The number of fused-ring (bicyclic) bond motifs is 4. The van der Waals surface area contributed by atoms with E-state index >= 15 is 0 Å². The number of carbonyl (C=O) groups excluding carboxylic acids is 1. The predicted molar refractivity (Wildman–Crippen MR) is 159 cm³/mol. The lowest BCUT2D eigenvalue weighted by molar-refractivity contribution is -0.663. The third-order valence-corrected chi connectivity index (χ3v) is 8.94. The Balaban J connectivity index is 1.20. The number of benzene rings is 4. The number of amides is 1. The Kier molecular flexibility index (Phi) is 5.96. The molecule has 0 spiro atoms. The average molecular weight is 528 g/mol. The van der Waals surface area contributed by atoms with Crippen LogP contribution in [0.3, 0.4) is 0 Å². The second-order valence-corrected chi connectivity index (χ2v) is 11.6. The van der Waals surface area contributed by atoms with E-state index in [1.54, 1.807) is 0 Å². The summed E-state index contributed by atoms with van der Waals surface area (Å²) in [5.74, 6) is 0.169. The maximum Gasteiger partial charge on any atom is 0.266 e. The molecule has 1 amide bonds. The Bertz CT molecular complexity index is 1690. The van der Waals surface area contributed by atoms with E-state index in [-0.39, 0.29) is 17.5 Å². The number of aryl methyl sites for hydroxylation is 1. The molecule has 2 unspecified atom stereocenters. The first-order valence-electron chi connectivity index (χ1n) is 14.2. The van der Waals surface area contributed by atoms with Gasteiger partial charge in [-0.3, -0.25) is 4.79 Å². The summed E-state index contributed by atoms with van der Waals surface area (Å²) in [5, 5.41) is 0. The molecule has 0 bridgehead atoms. The van der Waals surface area contributed by atoms with Gasteiger partial charge >= 0.3 is 0 Å². The summed E-state index contributed by atoms with van der Waals surface area (Å²) in [4.78, 5) is 18.8. The van der Waals surface area contributed by atoms with E-state index < -0.39 is 0 Å². The summed E-state index contributed by atoms with van der Waals surface area (Å²) in [5.41, 5.74) is 8.50. The topological polar surface area (TPSA) is 32.4 Å². The van der Waals surface area contributed by atoms with Crippen LogP contribution in [0.1, 0.15) is 35.6 Å². The van der Waals surface area contributed by atoms with Crippen LogP contribution >= 0.6 is 0 Å². The number of hydrogen-bond donors (Lipinski definition) is 0. The summed E-state index contributed by atoms with van der Waals surface area (Å²) in [6.45, 7) is 7.10. The molecule has 5 nitrogen and oxygen atoms in total. The first-order chi connectivity index (χ1) is 19.5. The Hall–Kier alpha value is -4.38. The molecular weight excluding hydrogens is 492 g/mol. The molecule has 0 radical (unpaired) electrons. The summed E-state index contributed by atoms with van der Waals surface area (Å²) in [6.07, 6.45) is 3.08. The number of likely N-dealkylation sites (tertiary alicyclic amines) is 1. The molecule has 0 aliphatic carbocycles. The summed E-state index contributed by atoms with van der Waals surface area (Å²) < 4.78 is 4.39. The third kappa shape index (κ3) is 4.08. The maximum absolute atomic E-state index is 14.2. The second-order valence-electron chi connectivity index (χ2n) is 11.6. The lowest BCUT2D eigenvalue weighted by Gasteiger charge is -2.36. The number of carbonyl (C=O) groups is 1. The SMILES string of the molecule is Cc1ccc(C[n+]2cn(CC(=O)N3CCC4(C)c5ccccc5N(Cc5ccccc5)C34)c3ccccc32)cc1. The minimum Gasteiger partial charge on any atom is -0.346 e. The van der Waals surface area contributed by atoms with Gasteiger partial charge in [0, 0.05) is 24.2 Å². The van der Waals surface area contributed by atoms with Crippen LogP contribution in [0.15, 0.2) is 109 Å². The number of imidazole rings is 1. The number of hydrogen-bond acceptors (Lipinski definition) is 2. The van der Waals surface area contributed by atoms with Crippen molar-refractivity contribution in [2.45, 2.75) is 51.5 Å². The molecular formula is C35H35N4O+. The van der Waals surface area contributed by atoms with E-state index in [1.807, 2.05) is 0 Å². The van der Waals surface area contributed by atoms with E-state index in [4.69, 9.17) is 0 Å². The third-order valence-electron chi connectivity index (χ3n) is 8.94. The zero-order chi connectivity index (χ0) is 27.3. The lowest BCUT2D eigenvalue weighted by atomic mass is 9.81. The van der Waals surface area contributed by atoms with Crippen LogP contribution in [0.5, 0.6) is 0 Å². The smallest absolute Gasteiger partial charge is 0.266 e. The molecule has 2 aliphatic heterocycles. The van der Waals surface area contributed by atoms with Crippen LogP contribution in [0, 0.1) is 6.92 Å². The van der Waals surface area contributed by atoms with Crippen LogP contribution in [-0.4, -0.2) is 28.1 Å². The molecule has 40 heavy (non-hydrogen) atoms. The molecule has 3 heterocycles. The molecule has 4 aromatic carbocycles. The molecule has 5 aromatic rings. The number of nitrogens with zero attached hydrogens (tertiary/aromatic N) is 4. The molecule has 2 aliphatic rings. The monoisotopic (exact) mass is 527 g/mol. The number of para-hydroxylation sites is 3. The molecule has 2 atom stereocenters. The number of anilines is 1. The van der Waals surface area contributed by atoms with Gasteiger partial charge in [0.15, 0.2) is 17.6 Å². The molecule has 1 fully saturated rings. The largest absolute Gasteiger partial charge is 0.346 e. The van der Waals surface area contributed by atoms with E-state index in [0.29, 0.717) is 6.54 Å². The number of rotatable bonds is 6. The van der Waals surface area contributed by atoms with Crippen LogP contribution in [0.2, 0.25) is 0 Å². The minimum atomic E-state index is -0.0921. The Labute approximate surface area is 235 Å². The standard InChI is InChI=1S/C35H35N4O/c1-26-16-18-28(19-17-26)22-36-25-37(32-15-9-8-14-31(32)36)24-33(40)38-21-20-35(2)29-12-6-7-13-30(29)39(34(35)38)23-27-10-4-3-5-11-27/h3-19,25,34H,20-24H2,1-2H3/q+1. The van der Waals surface area contributed by atoms with Crippen molar-refractivity contribution in [3.05, 3.63) is 132 Å². The van der Waals surface area contributed by atoms with E-state index in [0.717, 1.165) is 37.1 Å². The quantitative estimate of drug-likeness (QED) is 0.261. The van der Waals surface area contributed by atoms with Crippen LogP contribution in [-0.2, 0) is 29.8 Å². The van der Waals surface area contributed by atoms with Gasteiger partial charge in [-0.05, 0) is 48.2 Å². The van der Waals surface area contributed by atoms with Crippen LogP contribution in [0.25, 0.3) is 11.0 Å². The lowest BCUT2D eigenvalue weighted by Crippen LogP contribution is -2.51. The van der Waals surface area contributed by atoms with Crippen molar-refractivity contribution in [3.8, 4) is 0 Å². The van der Waals surface area contributed by atoms with Crippen LogP contribution < -0.4 is 9.47 Å². The highest BCUT2D eigenvalue weighted by molar-refractivity contribution is 5.81. The van der Waals surface area contributed by atoms with Gasteiger partial charge in [-0.25, -0.2) is 9.13 Å². The fourth-order valence-electron chi connectivity index (χ4n) is 6.91. The first-order valence-corrected chi connectivity index (χ1v) is 14.2. The van der Waals surface area contributed by atoms with Crippen molar-refractivity contribution in [2.75, 3.05) is 11.4 Å². The molecule has 5 heteroatoms. The summed E-state index contributed by atoms with van der Waals surface area (Å²) >= 11 is 0. The fourth-order valence-corrected chi connectivity index (χ4v) is 6.91. The maximum atomic E-state index is 14.2. The van der Waals surface area contributed by atoms with E-state index in [9.17, 15) is 4.79 Å². The van der Waals surface area contributed by atoms with E-state index in [2.05, 4.69) is 142 Å². The van der Waals surface area contributed by atoms with Gasteiger partial charge in [-0.1, -0.05) is 97.4 Å². The van der Waals surface area contributed by atoms with Gasteiger partial charge in [0.25, 0.3) is 5.91 Å². The van der Waals surface area contributed by atoms with Crippen molar-refractivity contribution in [1.29, 1.82) is 0 Å². The average Bonchev–Trinajstić information content (AvgIpc) is 3.58. The van der Waals surface area contributed by atoms with Gasteiger partial charge in [0.2, 0.25) is 6.33 Å². The van der Waals surface area contributed by atoms with Gasteiger partial charge in [-0.2, -0.15) is 0 Å². The van der Waals surface area contributed by atoms with Crippen molar-refractivity contribution < 1.29 is 9.36 Å². The molecule has 0 N–H and O–H groups in total. The fraction of sp³-hybridized carbons (Fsp3) is 0.257. The Morgan fingerprint density at radius 2 is 1.60 bits per heavy atom. The summed E-state index contributed by atoms with van der Waals surface area (Å²) in [7, 11) is 0. The molecule has 200 valence electrons. The van der Waals surface area contributed by atoms with Crippen LogP contribution in [0.4, 0.5) is 5.69 Å². The van der Waals surface area contributed by atoms with Crippen molar-refractivity contribution in [1.82, 2.24) is 9.47 Å². The summed E-state index contributed by atoms with van der Waals surface area (Å²) in [6, 6.07) is 36.4. The van der Waals surface area contributed by atoms with Gasteiger partial charge in [0.1, 0.15) is 12.7 Å². The number of aromatic nitrogens is 2. The highest BCUT2D eigenvalue weighted by atomic mass is 16.2. The molecule has 1 saturated heterocycles. The Morgan fingerprint density at radius 3 is 2.42 bits per heavy atom. The van der Waals surface area contributed by atoms with Gasteiger partial charge < -0.3 is 9.80 Å².